The topological polar surface area (TPSA) is 32.9 Å². The first-order chi connectivity index (χ1) is 9.65. The number of rotatable bonds is 3. The number of nitrogens with one attached hydrogen (secondary N) is 1. The van der Waals surface area contributed by atoms with Crippen molar-refractivity contribution < 1.29 is 0 Å². The van der Waals surface area contributed by atoms with Gasteiger partial charge in [0.25, 0.3) is 5.56 Å². The highest BCUT2D eigenvalue weighted by Gasteiger charge is 2.20. The van der Waals surface area contributed by atoms with E-state index in [0.29, 0.717) is 4.47 Å². The molecular weight excluding hydrogens is 358 g/mol. The zero-order valence-corrected chi connectivity index (χ0v) is 13.9. The lowest BCUT2D eigenvalue weighted by molar-refractivity contribution is 0.898. The minimum atomic E-state index is -0.0238. The van der Waals surface area contributed by atoms with E-state index in [0.717, 1.165) is 35.1 Å². The third-order valence-electron chi connectivity index (χ3n) is 3.48. The van der Waals surface area contributed by atoms with Crippen LogP contribution in [0.4, 0.5) is 0 Å². The summed E-state index contributed by atoms with van der Waals surface area (Å²) < 4.78 is 0.709. The van der Waals surface area contributed by atoms with Gasteiger partial charge in [-0.3, -0.25) is 4.79 Å². The summed E-state index contributed by atoms with van der Waals surface area (Å²) in [5, 5.41) is 1.76. The van der Waals surface area contributed by atoms with Crippen LogP contribution in [-0.4, -0.2) is 4.98 Å². The lowest BCUT2D eigenvalue weighted by atomic mass is 10.2. The third-order valence-corrected chi connectivity index (χ3v) is 5.69. The number of aromatic nitrogens is 1. The SMILES string of the molecule is O=c1[nH]c(SCc2ccc(Cl)cc2)c2c(c1Br)CCC2. The third kappa shape index (κ3) is 2.83. The molecule has 0 amide bonds. The Bertz CT molecular complexity index is 696. The molecule has 1 aromatic carbocycles. The predicted molar refractivity (Wildman–Crippen MR) is 87.8 cm³/mol. The van der Waals surface area contributed by atoms with Gasteiger partial charge < -0.3 is 4.98 Å². The number of benzene rings is 1. The summed E-state index contributed by atoms with van der Waals surface area (Å²) in [6, 6.07) is 7.83. The second-order valence-corrected chi connectivity index (χ2v) is 7.04. The second-order valence-electron chi connectivity index (χ2n) is 4.82. The Kier molecular flexibility index (Phi) is 4.24. The Morgan fingerprint density at radius 2 is 1.90 bits per heavy atom. The van der Waals surface area contributed by atoms with Gasteiger partial charge in [0.1, 0.15) is 0 Å². The molecule has 2 aromatic rings. The molecule has 104 valence electrons. The monoisotopic (exact) mass is 369 g/mol. The molecule has 0 saturated carbocycles. The van der Waals surface area contributed by atoms with Gasteiger partial charge in [-0.05, 0) is 64.0 Å². The van der Waals surface area contributed by atoms with Gasteiger partial charge in [-0.15, -0.1) is 11.8 Å². The molecule has 0 atom stereocenters. The maximum Gasteiger partial charge on any atom is 0.263 e. The van der Waals surface area contributed by atoms with Crippen molar-refractivity contribution >= 4 is 39.3 Å². The maximum absolute atomic E-state index is 11.9. The van der Waals surface area contributed by atoms with E-state index in [1.54, 1.807) is 11.8 Å². The first kappa shape index (κ1) is 14.2. The highest BCUT2D eigenvalue weighted by Crippen LogP contribution is 2.34. The second kappa shape index (κ2) is 5.96. The number of thioether (sulfide) groups is 1. The van der Waals surface area contributed by atoms with Crippen LogP contribution in [-0.2, 0) is 18.6 Å². The van der Waals surface area contributed by atoms with Crippen molar-refractivity contribution in [3.05, 3.63) is 60.8 Å². The molecule has 0 spiro atoms. The number of aromatic amines is 1. The van der Waals surface area contributed by atoms with Crippen molar-refractivity contribution in [1.82, 2.24) is 4.98 Å². The zero-order valence-electron chi connectivity index (χ0n) is 10.7. The van der Waals surface area contributed by atoms with E-state index in [1.165, 1.54) is 16.7 Å². The van der Waals surface area contributed by atoms with E-state index >= 15 is 0 Å². The summed E-state index contributed by atoms with van der Waals surface area (Å²) >= 11 is 11.0. The highest BCUT2D eigenvalue weighted by atomic mass is 79.9. The Morgan fingerprint density at radius 1 is 1.20 bits per heavy atom. The lowest BCUT2D eigenvalue weighted by Crippen LogP contribution is -2.11. The van der Waals surface area contributed by atoms with Gasteiger partial charge in [-0.1, -0.05) is 23.7 Å². The summed E-state index contributed by atoms with van der Waals surface area (Å²) in [7, 11) is 0. The smallest absolute Gasteiger partial charge is 0.263 e. The van der Waals surface area contributed by atoms with E-state index in [1.807, 2.05) is 24.3 Å². The van der Waals surface area contributed by atoms with Gasteiger partial charge in [-0.25, -0.2) is 0 Å². The molecule has 0 fully saturated rings. The fourth-order valence-electron chi connectivity index (χ4n) is 2.47. The fraction of sp³-hybridized carbons (Fsp3) is 0.267. The average molecular weight is 371 g/mol. The van der Waals surface area contributed by atoms with Crippen molar-refractivity contribution in [2.45, 2.75) is 30.0 Å². The van der Waals surface area contributed by atoms with Gasteiger partial charge in [-0.2, -0.15) is 0 Å². The van der Waals surface area contributed by atoms with Crippen LogP contribution in [0.25, 0.3) is 0 Å². The van der Waals surface area contributed by atoms with E-state index < -0.39 is 0 Å². The van der Waals surface area contributed by atoms with Gasteiger partial charge in [0.05, 0.1) is 9.50 Å². The summed E-state index contributed by atoms with van der Waals surface area (Å²) in [6.45, 7) is 0. The van der Waals surface area contributed by atoms with E-state index in [2.05, 4.69) is 20.9 Å². The van der Waals surface area contributed by atoms with E-state index in [-0.39, 0.29) is 5.56 Å². The zero-order chi connectivity index (χ0) is 14.1. The first-order valence-electron chi connectivity index (χ1n) is 6.46. The molecule has 0 saturated heterocycles. The largest absolute Gasteiger partial charge is 0.316 e. The Labute approximate surface area is 135 Å². The molecule has 1 aliphatic carbocycles. The number of fused-ring (bicyclic) bond motifs is 1. The number of hydrogen-bond donors (Lipinski definition) is 1. The molecule has 1 heterocycles. The van der Waals surface area contributed by atoms with Crippen molar-refractivity contribution in [1.29, 1.82) is 0 Å². The average Bonchev–Trinajstić information content (AvgIpc) is 2.93. The van der Waals surface area contributed by atoms with Gasteiger partial charge >= 0.3 is 0 Å². The van der Waals surface area contributed by atoms with Crippen molar-refractivity contribution in [3.8, 4) is 0 Å². The van der Waals surface area contributed by atoms with Gasteiger partial charge in [0, 0.05) is 10.8 Å². The maximum atomic E-state index is 11.9. The quantitative estimate of drug-likeness (QED) is 0.803. The van der Waals surface area contributed by atoms with Gasteiger partial charge in [0.2, 0.25) is 0 Å². The van der Waals surface area contributed by atoms with E-state index in [9.17, 15) is 4.79 Å². The normalized spacial score (nSPS) is 13.5. The van der Waals surface area contributed by atoms with Crippen LogP contribution in [0.5, 0.6) is 0 Å². The molecule has 1 N–H and O–H groups in total. The van der Waals surface area contributed by atoms with Crippen LogP contribution < -0.4 is 5.56 Å². The van der Waals surface area contributed by atoms with Crippen LogP contribution in [0.15, 0.2) is 38.6 Å². The van der Waals surface area contributed by atoms with Crippen molar-refractivity contribution in [2.24, 2.45) is 0 Å². The van der Waals surface area contributed by atoms with Crippen LogP contribution in [0.1, 0.15) is 23.1 Å². The first-order valence-corrected chi connectivity index (χ1v) is 8.61. The Balaban J connectivity index is 1.85. The van der Waals surface area contributed by atoms with Crippen molar-refractivity contribution in [2.75, 3.05) is 0 Å². The Hall–Kier alpha value is -0.710. The molecule has 0 unspecified atom stereocenters. The number of H-pyrrole nitrogens is 1. The summed E-state index contributed by atoms with van der Waals surface area (Å²) in [5.41, 5.74) is 3.67. The molecule has 5 heteroatoms. The molecule has 20 heavy (non-hydrogen) atoms. The number of halogens is 2. The molecule has 1 aliphatic rings. The van der Waals surface area contributed by atoms with Crippen LogP contribution in [0.2, 0.25) is 5.02 Å². The molecule has 0 radical (unpaired) electrons. The molecule has 2 nitrogen and oxygen atoms in total. The summed E-state index contributed by atoms with van der Waals surface area (Å²) in [6.07, 6.45) is 3.17. The number of hydrogen-bond acceptors (Lipinski definition) is 2. The fourth-order valence-corrected chi connectivity index (χ4v) is 4.20. The van der Waals surface area contributed by atoms with E-state index in [4.69, 9.17) is 11.6 Å². The summed E-state index contributed by atoms with van der Waals surface area (Å²) in [4.78, 5) is 14.9. The number of pyridine rings is 1. The lowest BCUT2D eigenvalue weighted by Gasteiger charge is -2.09. The molecule has 0 bridgehead atoms. The summed E-state index contributed by atoms with van der Waals surface area (Å²) in [5.74, 6) is 0.835. The van der Waals surface area contributed by atoms with Crippen LogP contribution in [0.3, 0.4) is 0 Å². The molecular formula is C15H13BrClNOS. The van der Waals surface area contributed by atoms with Crippen LogP contribution in [0, 0.1) is 0 Å². The Morgan fingerprint density at radius 3 is 2.65 bits per heavy atom. The molecule has 0 aliphatic heterocycles. The minimum Gasteiger partial charge on any atom is -0.316 e. The van der Waals surface area contributed by atoms with Gasteiger partial charge in [0.15, 0.2) is 0 Å². The standard InChI is InChI=1S/C15H13BrClNOS/c16-13-11-2-1-3-12(11)15(18-14(13)19)20-8-9-4-6-10(17)7-5-9/h4-7H,1-3,8H2,(H,18,19). The predicted octanol–water partition coefficient (Wildman–Crippen LogP) is 4.57. The molecule has 1 aromatic heterocycles. The highest BCUT2D eigenvalue weighted by molar-refractivity contribution is 9.10. The molecule has 3 rings (SSSR count). The van der Waals surface area contributed by atoms with Crippen LogP contribution >= 0.6 is 39.3 Å². The van der Waals surface area contributed by atoms with Crippen molar-refractivity contribution in [3.63, 3.8) is 0 Å². The minimum absolute atomic E-state index is 0.0238.